The maximum atomic E-state index is 13.6. The molecule has 3 N–H and O–H groups in total. The van der Waals surface area contributed by atoms with Gasteiger partial charge in [-0.2, -0.15) is 0 Å². The normalized spacial score (nSPS) is 25.2. The van der Waals surface area contributed by atoms with Gasteiger partial charge in [0.15, 0.2) is 0 Å². The second kappa shape index (κ2) is 9.63. The van der Waals surface area contributed by atoms with Crippen molar-refractivity contribution in [3.8, 4) is 0 Å². The lowest BCUT2D eigenvalue weighted by Gasteiger charge is -2.37. The van der Waals surface area contributed by atoms with Gasteiger partial charge in [-0.15, -0.1) is 0 Å². The van der Waals surface area contributed by atoms with Gasteiger partial charge in [-0.05, 0) is 43.5 Å². The molecule has 2 aliphatic heterocycles. The molecular formula is C23H35FN4O3. The van der Waals surface area contributed by atoms with Crippen molar-refractivity contribution in [3.05, 3.63) is 35.6 Å². The molecule has 172 valence electrons. The maximum absolute atomic E-state index is 13.6. The smallest absolute Gasteiger partial charge is 0.246 e. The average Bonchev–Trinajstić information content (AvgIpc) is 3.32. The summed E-state index contributed by atoms with van der Waals surface area (Å²) in [6.45, 7) is 9.29. The van der Waals surface area contributed by atoms with Gasteiger partial charge in [-0.1, -0.05) is 32.9 Å². The number of hydrogen-bond donors (Lipinski definition) is 3. The first-order valence-electron chi connectivity index (χ1n) is 11.0. The molecule has 0 aromatic heterocycles. The Morgan fingerprint density at radius 3 is 2.58 bits per heavy atom. The van der Waals surface area contributed by atoms with Crippen LogP contribution in [-0.2, 0) is 20.9 Å². The van der Waals surface area contributed by atoms with Crippen molar-refractivity contribution in [2.24, 2.45) is 5.41 Å². The number of carbonyl (C=O) groups excluding carboxylic acids is 2. The van der Waals surface area contributed by atoms with Gasteiger partial charge in [-0.25, -0.2) is 4.39 Å². The Labute approximate surface area is 184 Å². The summed E-state index contributed by atoms with van der Waals surface area (Å²) >= 11 is 0. The van der Waals surface area contributed by atoms with Crippen molar-refractivity contribution in [1.29, 1.82) is 0 Å². The number of ether oxygens (including phenoxy) is 1. The number of carbonyl (C=O) groups is 2. The minimum Gasteiger partial charge on any atom is -0.370 e. The zero-order valence-electron chi connectivity index (χ0n) is 19.1. The molecule has 1 aromatic carbocycles. The van der Waals surface area contributed by atoms with Gasteiger partial charge in [0.25, 0.3) is 0 Å². The van der Waals surface area contributed by atoms with Crippen molar-refractivity contribution in [2.45, 2.75) is 71.0 Å². The highest BCUT2D eigenvalue weighted by atomic mass is 19.1. The van der Waals surface area contributed by atoms with E-state index in [1.54, 1.807) is 26.1 Å². The van der Waals surface area contributed by atoms with Crippen LogP contribution in [0.15, 0.2) is 24.3 Å². The summed E-state index contributed by atoms with van der Waals surface area (Å²) in [6.07, 6.45) is 0.693. The van der Waals surface area contributed by atoms with Gasteiger partial charge < -0.3 is 25.6 Å². The molecule has 2 heterocycles. The fraction of sp³-hybridized carbons (Fsp3) is 0.652. The molecule has 2 saturated heterocycles. The second-order valence-electron chi connectivity index (χ2n) is 9.62. The van der Waals surface area contributed by atoms with E-state index in [1.165, 1.54) is 12.1 Å². The number of fused-ring (bicyclic) bond motifs is 1. The number of likely N-dealkylation sites (N-methyl/N-ethyl adjacent to an activating group) is 1. The SMILES string of the molecule is CNC(C)C(=O)NC(C(=O)N1CCC2NCC(OCc3ccc(F)cc3)C21)C(C)(C)C. The van der Waals surface area contributed by atoms with Gasteiger partial charge in [0.05, 0.1) is 24.8 Å². The number of nitrogens with one attached hydrogen (secondary N) is 3. The lowest BCUT2D eigenvalue weighted by molar-refractivity contribution is -0.142. The monoisotopic (exact) mass is 434 g/mol. The Hall–Kier alpha value is -2.03. The van der Waals surface area contributed by atoms with Crippen LogP contribution in [0.25, 0.3) is 0 Å². The molecule has 1 aromatic rings. The minimum absolute atomic E-state index is 0.0734. The number of benzene rings is 1. The summed E-state index contributed by atoms with van der Waals surface area (Å²) in [5.41, 5.74) is 0.455. The predicted octanol–water partition coefficient (Wildman–Crippen LogP) is 1.42. The van der Waals surface area contributed by atoms with E-state index in [9.17, 15) is 14.0 Å². The van der Waals surface area contributed by atoms with Crippen LogP contribution in [0.3, 0.4) is 0 Å². The van der Waals surface area contributed by atoms with Gasteiger partial charge >= 0.3 is 0 Å². The molecule has 2 fully saturated rings. The van der Waals surface area contributed by atoms with Crippen LogP contribution in [0.2, 0.25) is 0 Å². The van der Waals surface area contributed by atoms with Crippen LogP contribution in [0.5, 0.6) is 0 Å². The average molecular weight is 435 g/mol. The van der Waals surface area contributed by atoms with E-state index >= 15 is 0 Å². The summed E-state index contributed by atoms with van der Waals surface area (Å²) in [5.74, 6) is -0.544. The number of rotatable bonds is 7. The third kappa shape index (κ3) is 5.42. The fourth-order valence-corrected chi connectivity index (χ4v) is 4.30. The van der Waals surface area contributed by atoms with E-state index in [4.69, 9.17) is 4.74 Å². The largest absolute Gasteiger partial charge is 0.370 e. The highest BCUT2D eigenvalue weighted by Crippen LogP contribution is 2.31. The maximum Gasteiger partial charge on any atom is 0.246 e. The molecule has 0 bridgehead atoms. The highest BCUT2D eigenvalue weighted by Gasteiger charge is 2.49. The van der Waals surface area contributed by atoms with Crippen molar-refractivity contribution in [2.75, 3.05) is 20.1 Å². The van der Waals surface area contributed by atoms with Gasteiger partial charge in [0.1, 0.15) is 11.9 Å². The van der Waals surface area contributed by atoms with Crippen LogP contribution in [-0.4, -0.2) is 67.1 Å². The van der Waals surface area contributed by atoms with Crippen LogP contribution < -0.4 is 16.0 Å². The van der Waals surface area contributed by atoms with Crippen LogP contribution in [0, 0.1) is 11.2 Å². The first-order valence-corrected chi connectivity index (χ1v) is 11.0. The van der Waals surface area contributed by atoms with E-state index < -0.39 is 11.5 Å². The van der Waals surface area contributed by atoms with Gasteiger partial charge in [0, 0.05) is 19.1 Å². The lowest BCUT2D eigenvalue weighted by atomic mass is 9.85. The lowest BCUT2D eigenvalue weighted by Crippen LogP contribution is -2.59. The molecule has 0 spiro atoms. The third-order valence-electron chi connectivity index (χ3n) is 6.30. The second-order valence-corrected chi connectivity index (χ2v) is 9.62. The van der Waals surface area contributed by atoms with E-state index in [1.807, 2.05) is 25.7 Å². The standard InChI is InChI=1S/C23H35FN4O3/c1-14(25-5)21(29)27-20(23(2,3)4)22(30)28-11-10-17-19(28)18(12-26-17)31-13-15-6-8-16(24)9-7-15/h6-9,14,17-20,25-26H,10-13H2,1-5H3,(H,27,29). The molecule has 8 heteroatoms. The Morgan fingerprint density at radius 1 is 1.29 bits per heavy atom. The van der Waals surface area contributed by atoms with Crippen molar-refractivity contribution in [3.63, 3.8) is 0 Å². The summed E-state index contributed by atoms with van der Waals surface area (Å²) in [4.78, 5) is 28.0. The minimum atomic E-state index is -0.632. The van der Waals surface area contributed by atoms with Crippen molar-refractivity contribution >= 4 is 11.8 Å². The molecule has 0 aliphatic carbocycles. The Bertz CT molecular complexity index is 780. The van der Waals surface area contributed by atoms with Crippen LogP contribution in [0.1, 0.15) is 39.7 Å². The van der Waals surface area contributed by atoms with E-state index in [-0.39, 0.29) is 41.9 Å². The molecule has 2 amide bonds. The van der Waals surface area contributed by atoms with Crippen molar-refractivity contribution < 1.29 is 18.7 Å². The molecule has 31 heavy (non-hydrogen) atoms. The Kier molecular flexibility index (Phi) is 7.34. The molecule has 7 nitrogen and oxygen atoms in total. The zero-order chi connectivity index (χ0) is 22.8. The van der Waals surface area contributed by atoms with E-state index in [0.29, 0.717) is 19.7 Å². The molecule has 0 radical (unpaired) electrons. The number of halogens is 1. The van der Waals surface area contributed by atoms with Crippen LogP contribution >= 0.6 is 0 Å². The summed E-state index contributed by atoms with van der Waals surface area (Å²) in [7, 11) is 1.72. The van der Waals surface area contributed by atoms with Gasteiger partial charge in [0.2, 0.25) is 11.8 Å². The number of hydrogen-bond acceptors (Lipinski definition) is 5. The van der Waals surface area contributed by atoms with Crippen LogP contribution in [0.4, 0.5) is 4.39 Å². The number of nitrogens with zero attached hydrogens (tertiary/aromatic N) is 1. The summed E-state index contributed by atoms with van der Waals surface area (Å²) < 4.78 is 19.3. The zero-order valence-corrected chi connectivity index (χ0v) is 19.1. The first kappa shape index (κ1) is 23.6. The number of amides is 2. The molecule has 5 atom stereocenters. The highest BCUT2D eigenvalue weighted by molar-refractivity contribution is 5.90. The fourth-order valence-electron chi connectivity index (χ4n) is 4.30. The molecule has 3 rings (SSSR count). The van der Waals surface area contributed by atoms with E-state index in [2.05, 4.69) is 16.0 Å². The van der Waals surface area contributed by atoms with E-state index in [0.717, 1.165) is 12.0 Å². The molecule has 5 unspecified atom stereocenters. The molecular weight excluding hydrogens is 399 g/mol. The Morgan fingerprint density at radius 2 is 1.97 bits per heavy atom. The van der Waals surface area contributed by atoms with Gasteiger partial charge in [-0.3, -0.25) is 9.59 Å². The van der Waals surface area contributed by atoms with Crippen molar-refractivity contribution in [1.82, 2.24) is 20.9 Å². The summed E-state index contributed by atoms with van der Waals surface area (Å²) in [6, 6.07) is 5.33. The number of likely N-dealkylation sites (tertiary alicyclic amines) is 1. The molecule has 2 aliphatic rings. The molecule has 0 saturated carbocycles. The summed E-state index contributed by atoms with van der Waals surface area (Å²) in [5, 5.41) is 9.34. The quantitative estimate of drug-likeness (QED) is 0.605. The first-order chi connectivity index (χ1) is 14.6. The third-order valence-corrected chi connectivity index (χ3v) is 6.30. The Balaban J connectivity index is 1.71. The topological polar surface area (TPSA) is 82.7 Å². The predicted molar refractivity (Wildman–Crippen MR) is 117 cm³/mol.